The number of hydrogen-bond donors (Lipinski definition) is 4. The van der Waals surface area contributed by atoms with Gasteiger partial charge in [-0.25, -0.2) is 9.97 Å². The summed E-state index contributed by atoms with van der Waals surface area (Å²) < 4.78 is 13.3. The molecule has 32 heavy (non-hydrogen) atoms. The van der Waals surface area contributed by atoms with Crippen LogP contribution in [0.2, 0.25) is 0 Å². The molecule has 3 heterocycles. The van der Waals surface area contributed by atoms with Crippen LogP contribution in [0, 0.1) is 5.92 Å². The first-order chi connectivity index (χ1) is 15.3. The number of benzene rings is 1. The van der Waals surface area contributed by atoms with Crippen molar-refractivity contribution < 1.29 is 24.3 Å². The first-order valence-electron chi connectivity index (χ1n) is 9.95. The number of aromatic nitrogens is 3. The standard InChI is InChI=1S/C22H19N4O5P/c27-18-10-9-14(16-3-1-6-21(23-16)32(29,30)31)11-15(18)17-4-2-5-20-24-19(12-26(17)20)25-22(28)13-7-8-13/h1-6,9-13,27H,7-8H2,(H,25,28)(H2,29,30,31). The number of imidazole rings is 1. The van der Waals surface area contributed by atoms with Crippen LogP contribution in [0.1, 0.15) is 12.8 Å². The summed E-state index contributed by atoms with van der Waals surface area (Å²) in [6.07, 6.45) is 3.48. The van der Waals surface area contributed by atoms with Crippen LogP contribution in [0.3, 0.4) is 0 Å². The van der Waals surface area contributed by atoms with Gasteiger partial charge in [-0.15, -0.1) is 0 Å². The third kappa shape index (κ3) is 3.89. The number of phenolic OH excluding ortho intramolecular Hbond substituents is 1. The fraction of sp³-hybridized carbons (Fsp3) is 0.136. The Morgan fingerprint density at radius 1 is 1.06 bits per heavy atom. The minimum atomic E-state index is -4.50. The van der Waals surface area contributed by atoms with Gasteiger partial charge in [0.1, 0.15) is 11.4 Å². The van der Waals surface area contributed by atoms with Gasteiger partial charge in [-0.2, -0.15) is 0 Å². The van der Waals surface area contributed by atoms with Crippen LogP contribution in [0.4, 0.5) is 5.82 Å². The molecule has 162 valence electrons. The van der Waals surface area contributed by atoms with Crippen molar-refractivity contribution in [3.05, 3.63) is 60.8 Å². The molecule has 0 bridgehead atoms. The smallest absolute Gasteiger partial charge is 0.374 e. The van der Waals surface area contributed by atoms with Crippen molar-refractivity contribution in [2.75, 3.05) is 5.32 Å². The monoisotopic (exact) mass is 450 g/mol. The van der Waals surface area contributed by atoms with E-state index in [-0.39, 0.29) is 23.0 Å². The summed E-state index contributed by atoms with van der Waals surface area (Å²) in [5.74, 6) is 0.456. The molecule has 1 aliphatic carbocycles. The number of aromatic hydroxyl groups is 1. The third-order valence-corrected chi connectivity index (χ3v) is 6.14. The molecule has 0 atom stereocenters. The number of carbonyl (C=O) groups is 1. The highest BCUT2D eigenvalue weighted by Crippen LogP contribution is 2.36. The van der Waals surface area contributed by atoms with Crippen molar-refractivity contribution in [1.29, 1.82) is 0 Å². The van der Waals surface area contributed by atoms with Gasteiger partial charge in [0, 0.05) is 17.0 Å². The number of pyridine rings is 2. The Balaban J connectivity index is 1.57. The van der Waals surface area contributed by atoms with E-state index >= 15 is 0 Å². The number of nitrogens with zero attached hydrogens (tertiary/aromatic N) is 3. The zero-order valence-corrected chi connectivity index (χ0v) is 17.6. The number of anilines is 1. The fourth-order valence-electron chi connectivity index (χ4n) is 3.51. The number of fused-ring (bicyclic) bond motifs is 1. The van der Waals surface area contributed by atoms with Gasteiger partial charge in [-0.3, -0.25) is 13.8 Å². The fourth-order valence-corrected chi connectivity index (χ4v) is 4.03. The maximum atomic E-state index is 12.1. The molecule has 0 unspecified atom stereocenters. The Labute approximate surface area is 182 Å². The molecule has 1 fully saturated rings. The lowest BCUT2D eigenvalue weighted by atomic mass is 10.0. The van der Waals surface area contributed by atoms with Crippen LogP contribution in [0.25, 0.3) is 28.2 Å². The zero-order chi connectivity index (χ0) is 22.5. The van der Waals surface area contributed by atoms with Gasteiger partial charge in [0.05, 0.1) is 17.6 Å². The summed E-state index contributed by atoms with van der Waals surface area (Å²) >= 11 is 0. The van der Waals surface area contributed by atoms with Crippen molar-refractivity contribution in [3.8, 4) is 28.3 Å². The minimum absolute atomic E-state index is 0.0182. The van der Waals surface area contributed by atoms with Gasteiger partial charge in [-0.1, -0.05) is 12.1 Å². The van der Waals surface area contributed by atoms with Gasteiger partial charge >= 0.3 is 7.60 Å². The first-order valence-corrected chi connectivity index (χ1v) is 11.6. The van der Waals surface area contributed by atoms with Gasteiger partial charge < -0.3 is 20.2 Å². The predicted molar refractivity (Wildman–Crippen MR) is 119 cm³/mol. The summed E-state index contributed by atoms with van der Waals surface area (Å²) in [7, 11) is -4.50. The molecule has 9 nitrogen and oxygen atoms in total. The molecule has 4 aromatic rings. The summed E-state index contributed by atoms with van der Waals surface area (Å²) in [5, 5.41) is 13.4. The number of hydrogen-bond acceptors (Lipinski definition) is 5. The van der Waals surface area contributed by atoms with E-state index in [0.717, 1.165) is 12.8 Å². The maximum absolute atomic E-state index is 12.1. The number of phenols is 1. The van der Waals surface area contributed by atoms with E-state index in [1.54, 1.807) is 47.0 Å². The van der Waals surface area contributed by atoms with Gasteiger partial charge in [0.2, 0.25) is 5.91 Å². The minimum Gasteiger partial charge on any atom is -0.507 e. The number of nitrogens with one attached hydrogen (secondary N) is 1. The molecule has 0 aliphatic heterocycles. The third-order valence-electron chi connectivity index (χ3n) is 5.29. The van der Waals surface area contributed by atoms with E-state index in [0.29, 0.717) is 34.0 Å². The molecule has 0 radical (unpaired) electrons. The number of rotatable bonds is 5. The summed E-state index contributed by atoms with van der Waals surface area (Å²) in [6.45, 7) is 0. The van der Waals surface area contributed by atoms with E-state index in [4.69, 9.17) is 0 Å². The van der Waals surface area contributed by atoms with E-state index < -0.39 is 7.60 Å². The Morgan fingerprint density at radius 3 is 2.59 bits per heavy atom. The molecule has 4 N–H and O–H groups in total. The van der Waals surface area contributed by atoms with E-state index in [2.05, 4.69) is 15.3 Å². The second kappa shape index (κ2) is 7.56. The topological polar surface area (TPSA) is 137 Å². The maximum Gasteiger partial charge on any atom is 0.374 e. The molecular formula is C22H19N4O5P. The van der Waals surface area contributed by atoms with E-state index in [1.165, 1.54) is 18.2 Å². The summed E-state index contributed by atoms with van der Waals surface area (Å²) in [4.78, 5) is 39.5. The van der Waals surface area contributed by atoms with Crippen LogP contribution in [0.15, 0.2) is 60.8 Å². The van der Waals surface area contributed by atoms with Crippen LogP contribution in [0.5, 0.6) is 5.75 Å². The normalized spacial score (nSPS) is 13.9. The van der Waals surface area contributed by atoms with E-state index in [1.807, 2.05) is 0 Å². The highest BCUT2D eigenvalue weighted by molar-refractivity contribution is 7.60. The van der Waals surface area contributed by atoms with Gasteiger partial charge in [0.15, 0.2) is 11.3 Å². The molecule has 10 heteroatoms. The van der Waals surface area contributed by atoms with Crippen molar-refractivity contribution in [3.63, 3.8) is 0 Å². The molecule has 1 saturated carbocycles. The Bertz CT molecular complexity index is 1410. The van der Waals surface area contributed by atoms with Gasteiger partial charge in [-0.05, 0) is 55.3 Å². The number of amides is 1. The Morgan fingerprint density at radius 2 is 1.84 bits per heavy atom. The van der Waals surface area contributed by atoms with E-state index in [9.17, 15) is 24.3 Å². The average Bonchev–Trinajstić information content (AvgIpc) is 3.53. The highest BCUT2D eigenvalue weighted by Gasteiger charge is 2.30. The van der Waals surface area contributed by atoms with Crippen LogP contribution < -0.4 is 10.8 Å². The van der Waals surface area contributed by atoms with Crippen LogP contribution in [-0.4, -0.2) is 35.2 Å². The molecule has 0 spiro atoms. The Hall–Kier alpha value is -3.52. The lowest BCUT2D eigenvalue weighted by Gasteiger charge is -2.11. The quantitative estimate of drug-likeness (QED) is 0.343. The molecule has 0 saturated heterocycles. The van der Waals surface area contributed by atoms with Crippen LogP contribution >= 0.6 is 7.60 Å². The average molecular weight is 450 g/mol. The number of carbonyl (C=O) groups excluding carboxylic acids is 1. The summed E-state index contributed by atoms with van der Waals surface area (Å²) in [5.41, 5.74) is 2.33. The van der Waals surface area contributed by atoms with Gasteiger partial charge in [0.25, 0.3) is 0 Å². The van der Waals surface area contributed by atoms with Crippen LogP contribution in [-0.2, 0) is 9.36 Å². The zero-order valence-electron chi connectivity index (χ0n) is 16.7. The SMILES string of the molecule is O=C(Nc1cn2c(-c3cc(-c4cccc(P(=O)(O)O)n4)ccc3O)cccc2n1)C1CC1. The van der Waals surface area contributed by atoms with Crippen molar-refractivity contribution in [2.45, 2.75) is 12.8 Å². The molecule has 1 amide bonds. The lowest BCUT2D eigenvalue weighted by molar-refractivity contribution is -0.117. The second-order valence-corrected chi connectivity index (χ2v) is 9.23. The second-order valence-electron chi connectivity index (χ2n) is 7.69. The van der Waals surface area contributed by atoms with Crippen molar-refractivity contribution in [1.82, 2.24) is 14.4 Å². The molecular weight excluding hydrogens is 431 g/mol. The van der Waals surface area contributed by atoms with Crippen molar-refractivity contribution >= 4 is 30.4 Å². The lowest BCUT2D eigenvalue weighted by Crippen LogP contribution is -2.13. The first kappa shape index (κ1) is 20.4. The van der Waals surface area contributed by atoms with Crippen molar-refractivity contribution in [2.24, 2.45) is 5.92 Å². The molecule has 1 aliphatic rings. The summed E-state index contributed by atoms with van der Waals surface area (Å²) in [6, 6.07) is 14.6. The predicted octanol–water partition coefficient (Wildman–Crippen LogP) is 2.92. The molecule has 5 rings (SSSR count). The molecule has 3 aromatic heterocycles. The Kier molecular flexibility index (Phi) is 4.82. The highest BCUT2D eigenvalue weighted by atomic mass is 31.2. The molecule has 1 aromatic carbocycles. The largest absolute Gasteiger partial charge is 0.507 e.